The van der Waals surface area contributed by atoms with Crippen molar-refractivity contribution in [3.05, 3.63) is 38.7 Å². The number of hydrogen-bond acceptors (Lipinski definition) is 3. The molecule has 2 aromatic rings. The highest BCUT2D eigenvalue weighted by Gasteiger charge is 2.23. The summed E-state index contributed by atoms with van der Waals surface area (Å²) in [6.45, 7) is -1.47. The van der Waals surface area contributed by atoms with Gasteiger partial charge in [0.1, 0.15) is 16.7 Å². The van der Waals surface area contributed by atoms with Crippen LogP contribution < -0.4 is 0 Å². The van der Waals surface area contributed by atoms with Gasteiger partial charge in [0.2, 0.25) is 0 Å². The van der Waals surface area contributed by atoms with Crippen LogP contribution in [-0.4, -0.2) is 22.6 Å². The van der Waals surface area contributed by atoms with E-state index in [4.69, 9.17) is 34.8 Å². The minimum atomic E-state index is -2.85. The number of imidazole rings is 1. The zero-order valence-electron chi connectivity index (χ0n) is 11.3. The minimum Gasteiger partial charge on any atom is -0.465 e. The van der Waals surface area contributed by atoms with Gasteiger partial charge in [-0.3, -0.25) is 4.57 Å². The predicted molar refractivity (Wildman–Crippen MR) is 80.0 cm³/mol. The average molecular weight is 370 g/mol. The van der Waals surface area contributed by atoms with Gasteiger partial charge >= 0.3 is 12.5 Å². The third-order valence-electron chi connectivity index (χ3n) is 2.94. The predicted octanol–water partition coefficient (Wildman–Crippen LogP) is 5.00. The van der Waals surface area contributed by atoms with Crippen molar-refractivity contribution in [2.75, 3.05) is 7.11 Å². The quantitative estimate of drug-likeness (QED) is 0.715. The molecule has 0 bridgehead atoms. The molecule has 0 aliphatic heterocycles. The number of halogens is 5. The topological polar surface area (TPSA) is 44.1 Å². The number of carbonyl (C=O) groups is 1. The molecule has 0 unspecified atom stereocenters. The third-order valence-corrected chi connectivity index (χ3v) is 3.93. The molecule has 0 aliphatic carbocycles. The van der Waals surface area contributed by atoms with Crippen molar-refractivity contribution in [3.8, 4) is 11.3 Å². The molecule has 0 saturated heterocycles. The van der Waals surface area contributed by atoms with Crippen LogP contribution in [0, 0.1) is 6.92 Å². The summed E-state index contributed by atoms with van der Waals surface area (Å²) in [4.78, 5) is 15.7. The van der Waals surface area contributed by atoms with Crippen LogP contribution in [0.15, 0.2) is 12.1 Å². The molecule has 2 rings (SSSR count). The monoisotopic (exact) mass is 368 g/mol. The van der Waals surface area contributed by atoms with Crippen molar-refractivity contribution in [1.82, 2.24) is 9.55 Å². The van der Waals surface area contributed by atoms with Crippen molar-refractivity contribution in [2.45, 2.75) is 13.5 Å². The van der Waals surface area contributed by atoms with Gasteiger partial charge in [0, 0.05) is 5.56 Å². The first-order valence-corrected chi connectivity index (χ1v) is 7.01. The SMILES string of the molecule is COC(=O)c1cc(-c2nc(C)n(C(F)F)c2Cl)c(Cl)cc1Cl. The number of aryl methyl sites for hydroxylation is 1. The molecule has 0 radical (unpaired) electrons. The Kier molecular flexibility index (Phi) is 4.94. The normalized spacial score (nSPS) is 11.1. The van der Waals surface area contributed by atoms with Crippen LogP contribution in [0.4, 0.5) is 8.78 Å². The number of carbonyl (C=O) groups excluding carboxylic acids is 1. The van der Waals surface area contributed by atoms with E-state index in [1.807, 2.05) is 0 Å². The summed E-state index contributed by atoms with van der Waals surface area (Å²) in [6.07, 6.45) is 0. The third kappa shape index (κ3) is 2.91. The van der Waals surface area contributed by atoms with Gasteiger partial charge in [-0.25, -0.2) is 9.78 Å². The Morgan fingerprint density at radius 1 is 1.27 bits per heavy atom. The molecule has 9 heteroatoms. The molecule has 1 aromatic heterocycles. The van der Waals surface area contributed by atoms with E-state index < -0.39 is 12.5 Å². The zero-order chi connectivity index (χ0) is 16.6. The highest BCUT2D eigenvalue weighted by Crippen LogP contribution is 2.38. The van der Waals surface area contributed by atoms with E-state index in [1.54, 1.807) is 0 Å². The van der Waals surface area contributed by atoms with E-state index in [2.05, 4.69) is 9.72 Å². The molecule has 4 nitrogen and oxygen atoms in total. The van der Waals surface area contributed by atoms with E-state index in [9.17, 15) is 13.6 Å². The van der Waals surface area contributed by atoms with Crippen LogP contribution in [0.1, 0.15) is 22.7 Å². The number of nitrogens with zero attached hydrogens (tertiary/aromatic N) is 2. The molecule has 118 valence electrons. The highest BCUT2D eigenvalue weighted by atomic mass is 35.5. The molecule has 0 aliphatic rings. The Labute approximate surface area is 139 Å². The second-order valence-corrected chi connectivity index (χ2v) is 5.42. The molecule has 0 N–H and O–H groups in total. The van der Waals surface area contributed by atoms with E-state index in [1.165, 1.54) is 26.2 Å². The van der Waals surface area contributed by atoms with Crippen LogP contribution in [0.25, 0.3) is 11.3 Å². The molecule has 0 amide bonds. The Balaban J connectivity index is 2.68. The molecule has 0 spiro atoms. The second kappa shape index (κ2) is 6.40. The van der Waals surface area contributed by atoms with Crippen molar-refractivity contribution < 1.29 is 18.3 Å². The maximum absolute atomic E-state index is 13.0. The molecular formula is C13H9Cl3F2N2O2. The number of alkyl halides is 2. The molecule has 0 fully saturated rings. The van der Waals surface area contributed by atoms with Crippen LogP contribution in [0.5, 0.6) is 0 Å². The van der Waals surface area contributed by atoms with E-state index in [-0.39, 0.29) is 37.8 Å². The van der Waals surface area contributed by atoms with Crippen LogP contribution in [-0.2, 0) is 4.74 Å². The number of hydrogen-bond donors (Lipinski definition) is 0. The summed E-state index contributed by atoms with van der Waals surface area (Å²) in [5.74, 6) is -0.676. The van der Waals surface area contributed by atoms with Crippen LogP contribution >= 0.6 is 34.8 Å². The van der Waals surface area contributed by atoms with Gasteiger partial charge in [0.05, 0.1) is 22.7 Å². The number of esters is 1. The van der Waals surface area contributed by atoms with Crippen LogP contribution in [0.3, 0.4) is 0 Å². The summed E-state index contributed by atoms with van der Waals surface area (Å²) in [5, 5.41) is -0.0901. The zero-order valence-corrected chi connectivity index (χ0v) is 13.6. The van der Waals surface area contributed by atoms with Crippen LogP contribution in [0.2, 0.25) is 15.2 Å². The largest absolute Gasteiger partial charge is 0.465 e. The van der Waals surface area contributed by atoms with Gasteiger partial charge in [-0.15, -0.1) is 0 Å². The number of aromatic nitrogens is 2. The van der Waals surface area contributed by atoms with E-state index in [0.29, 0.717) is 4.57 Å². The first kappa shape index (κ1) is 17.0. The Hall–Kier alpha value is -1.37. The number of benzene rings is 1. The second-order valence-electron chi connectivity index (χ2n) is 4.25. The van der Waals surface area contributed by atoms with Gasteiger partial charge in [-0.05, 0) is 19.1 Å². The molecule has 1 heterocycles. The van der Waals surface area contributed by atoms with E-state index >= 15 is 0 Å². The Morgan fingerprint density at radius 2 is 1.91 bits per heavy atom. The Bertz CT molecular complexity index is 747. The Morgan fingerprint density at radius 3 is 2.41 bits per heavy atom. The van der Waals surface area contributed by atoms with Gasteiger partial charge in [0.25, 0.3) is 0 Å². The average Bonchev–Trinajstić information content (AvgIpc) is 2.73. The highest BCUT2D eigenvalue weighted by molar-refractivity contribution is 6.39. The van der Waals surface area contributed by atoms with Crippen molar-refractivity contribution in [2.24, 2.45) is 0 Å². The summed E-state index contributed by atoms with van der Waals surface area (Å²) >= 11 is 17.9. The summed E-state index contributed by atoms with van der Waals surface area (Å²) in [7, 11) is 1.19. The standard InChI is InChI=1S/C13H9Cl3F2N2O2/c1-5-19-10(11(16)20(5)13(17)18)6-3-7(12(21)22-2)9(15)4-8(6)14/h3-4,13H,1-2H3. The van der Waals surface area contributed by atoms with Gasteiger partial charge in [-0.2, -0.15) is 8.78 Å². The number of rotatable bonds is 3. The van der Waals surface area contributed by atoms with Crippen molar-refractivity contribution >= 4 is 40.8 Å². The number of ether oxygens (including phenoxy) is 1. The lowest BCUT2D eigenvalue weighted by atomic mass is 10.1. The van der Waals surface area contributed by atoms with Gasteiger partial charge in [-0.1, -0.05) is 34.8 Å². The first-order chi connectivity index (χ1) is 10.3. The lowest BCUT2D eigenvalue weighted by Gasteiger charge is -2.08. The number of methoxy groups -OCH3 is 1. The molecule has 22 heavy (non-hydrogen) atoms. The maximum Gasteiger partial charge on any atom is 0.339 e. The lowest BCUT2D eigenvalue weighted by molar-refractivity contribution is 0.0600. The minimum absolute atomic E-state index is 0.0145. The smallest absolute Gasteiger partial charge is 0.339 e. The van der Waals surface area contributed by atoms with Gasteiger partial charge in [0.15, 0.2) is 0 Å². The van der Waals surface area contributed by atoms with Crippen molar-refractivity contribution in [1.29, 1.82) is 0 Å². The fraction of sp³-hybridized carbons (Fsp3) is 0.231. The lowest BCUT2D eigenvalue weighted by Crippen LogP contribution is -2.03. The fourth-order valence-corrected chi connectivity index (χ4v) is 2.80. The molecular weight excluding hydrogens is 361 g/mol. The molecule has 1 aromatic carbocycles. The molecule has 0 saturated carbocycles. The summed E-state index contributed by atoms with van der Waals surface area (Å²) in [6, 6.07) is 2.61. The van der Waals surface area contributed by atoms with E-state index in [0.717, 1.165) is 0 Å². The maximum atomic E-state index is 13.0. The van der Waals surface area contributed by atoms with Gasteiger partial charge < -0.3 is 4.74 Å². The summed E-state index contributed by atoms with van der Waals surface area (Å²) in [5.41, 5.74) is 0.272. The fourth-order valence-electron chi connectivity index (χ4n) is 1.91. The molecule has 0 atom stereocenters. The van der Waals surface area contributed by atoms with Crippen molar-refractivity contribution in [3.63, 3.8) is 0 Å². The first-order valence-electron chi connectivity index (χ1n) is 5.88. The summed E-state index contributed by atoms with van der Waals surface area (Å²) < 4.78 is 31.1.